The van der Waals surface area contributed by atoms with Gasteiger partial charge in [0.2, 0.25) is 35.4 Å². The van der Waals surface area contributed by atoms with Crippen molar-refractivity contribution in [3.63, 3.8) is 0 Å². The highest BCUT2D eigenvalue weighted by Gasteiger charge is 2.43. The third-order valence-corrected chi connectivity index (χ3v) is 10.7. The second-order valence-electron chi connectivity index (χ2n) is 15.0. The summed E-state index contributed by atoms with van der Waals surface area (Å²) in [4.78, 5) is 102. The Balaban J connectivity index is 1.65. The van der Waals surface area contributed by atoms with E-state index in [4.69, 9.17) is 18.9 Å². The van der Waals surface area contributed by atoms with Gasteiger partial charge in [0.25, 0.3) is 0 Å². The summed E-state index contributed by atoms with van der Waals surface area (Å²) in [6.07, 6.45) is -1.50. The number of fused-ring (bicyclic) bond motifs is 2. The van der Waals surface area contributed by atoms with Gasteiger partial charge in [0.1, 0.15) is 41.7 Å². The van der Waals surface area contributed by atoms with Crippen molar-refractivity contribution >= 4 is 41.4 Å². The highest BCUT2D eigenvalue weighted by atomic mass is 16.5. The van der Waals surface area contributed by atoms with E-state index in [1.165, 1.54) is 72.0 Å². The van der Waals surface area contributed by atoms with Crippen LogP contribution in [0.5, 0.6) is 23.0 Å². The molecule has 0 unspecified atom stereocenters. The maximum atomic E-state index is 14.9. The van der Waals surface area contributed by atoms with Crippen LogP contribution in [0.3, 0.4) is 0 Å². The fourth-order valence-corrected chi connectivity index (χ4v) is 7.21. The molecule has 3 aliphatic rings. The average molecular weight is 829 g/mol. The Kier molecular flexibility index (Phi) is 14.0. The van der Waals surface area contributed by atoms with Crippen molar-refractivity contribution in [1.82, 2.24) is 30.7 Å². The standard InChI is InChI=1S/C43H52N6O11/c1-23-38(51)45-24(2)41(54)47(5)32(20-27-10-15-30(57-8)16-11-27)39(52)46-25(3)42(55)48(6)33-21-28-12-17-31(18-13-28)60-35-22-29(14-19-34(35)58-9)37(59-26(4)50)36(40(53)44-23)49(7)43(33)56/h10-19,22-25,32-33,36-37H,20-21H2,1-9H3,(H,44,53)(H,45,51)(H,46,52)/t23-,24+,25+,32+,33+,36+,37+/m1/s1. The molecule has 1 saturated heterocycles. The molecule has 3 aromatic rings. The molecule has 6 bridgehead atoms. The molecule has 320 valence electrons. The minimum atomic E-state index is -1.63. The van der Waals surface area contributed by atoms with Crippen LogP contribution in [0.4, 0.5) is 0 Å². The van der Waals surface area contributed by atoms with Crippen molar-refractivity contribution in [3.8, 4) is 23.0 Å². The zero-order valence-electron chi connectivity index (χ0n) is 35.1. The van der Waals surface area contributed by atoms with E-state index in [9.17, 15) is 33.6 Å². The van der Waals surface area contributed by atoms with E-state index in [0.29, 0.717) is 28.4 Å². The molecule has 3 N–H and O–H groups in total. The van der Waals surface area contributed by atoms with Gasteiger partial charge in [-0.1, -0.05) is 30.3 Å². The predicted octanol–water partition coefficient (Wildman–Crippen LogP) is 1.91. The maximum Gasteiger partial charge on any atom is 0.303 e. The molecule has 60 heavy (non-hydrogen) atoms. The number of hydrogen-bond donors (Lipinski definition) is 3. The van der Waals surface area contributed by atoms with Gasteiger partial charge in [0.05, 0.1) is 14.2 Å². The average Bonchev–Trinajstić information content (AvgIpc) is 3.22. The number of ether oxygens (including phenoxy) is 4. The van der Waals surface area contributed by atoms with Crippen molar-refractivity contribution in [3.05, 3.63) is 83.4 Å². The van der Waals surface area contributed by atoms with Gasteiger partial charge in [-0.05, 0) is 73.9 Å². The molecule has 3 heterocycles. The largest absolute Gasteiger partial charge is 0.497 e. The van der Waals surface area contributed by atoms with E-state index in [0.717, 1.165) is 11.8 Å². The Morgan fingerprint density at radius 2 is 1.30 bits per heavy atom. The molecule has 17 heteroatoms. The van der Waals surface area contributed by atoms with Gasteiger partial charge in [0.15, 0.2) is 23.6 Å². The highest BCUT2D eigenvalue weighted by Crippen LogP contribution is 2.37. The fraction of sp³-hybridized carbons (Fsp3) is 0.419. The first-order valence-electron chi connectivity index (χ1n) is 19.4. The molecular weight excluding hydrogens is 777 g/mol. The summed E-state index contributed by atoms with van der Waals surface area (Å²) < 4.78 is 22.8. The van der Waals surface area contributed by atoms with Crippen molar-refractivity contribution in [2.75, 3.05) is 35.4 Å². The van der Waals surface area contributed by atoms with Crippen LogP contribution in [0, 0.1) is 0 Å². The Labute approximate surface area is 348 Å². The molecule has 6 rings (SSSR count). The monoisotopic (exact) mass is 828 g/mol. The van der Waals surface area contributed by atoms with Crippen molar-refractivity contribution in [1.29, 1.82) is 0 Å². The van der Waals surface area contributed by atoms with Gasteiger partial charge in [0, 0.05) is 40.9 Å². The number of nitrogens with zero attached hydrogens (tertiary/aromatic N) is 3. The molecule has 7 atom stereocenters. The smallest absolute Gasteiger partial charge is 0.303 e. The Bertz CT molecular complexity index is 2110. The predicted molar refractivity (Wildman–Crippen MR) is 217 cm³/mol. The van der Waals surface area contributed by atoms with Gasteiger partial charge in [-0.15, -0.1) is 0 Å². The lowest BCUT2D eigenvalue weighted by atomic mass is 9.96. The summed E-state index contributed by atoms with van der Waals surface area (Å²) in [6, 6.07) is 10.6. The van der Waals surface area contributed by atoms with E-state index in [1.54, 1.807) is 60.7 Å². The number of nitrogens with one attached hydrogen (secondary N) is 3. The second-order valence-corrected chi connectivity index (χ2v) is 15.0. The summed E-state index contributed by atoms with van der Waals surface area (Å²) in [6.45, 7) is 5.43. The van der Waals surface area contributed by atoms with Crippen LogP contribution in [0.2, 0.25) is 0 Å². The quantitative estimate of drug-likeness (QED) is 0.317. The summed E-state index contributed by atoms with van der Waals surface area (Å²) in [7, 11) is 7.13. The van der Waals surface area contributed by atoms with E-state index in [-0.39, 0.29) is 24.2 Å². The number of amides is 6. The van der Waals surface area contributed by atoms with E-state index >= 15 is 0 Å². The van der Waals surface area contributed by atoms with Crippen LogP contribution in [0.1, 0.15) is 50.5 Å². The van der Waals surface area contributed by atoms with E-state index < -0.39 is 83.8 Å². The van der Waals surface area contributed by atoms with Crippen LogP contribution >= 0.6 is 0 Å². The van der Waals surface area contributed by atoms with E-state index in [1.807, 2.05) is 0 Å². The van der Waals surface area contributed by atoms with Gasteiger partial charge < -0.3 is 49.6 Å². The Hall–Kier alpha value is -6.65. The van der Waals surface area contributed by atoms with Crippen LogP contribution in [-0.4, -0.2) is 128 Å². The molecule has 6 amide bonds. The number of esters is 1. The molecule has 0 radical (unpaired) electrons. The van der Waals surface area contributed by atoms with Gasteiger partial charge >= 0.3 is 5.97 Å². The molecule has 0 spiro atoms. The number of rotatable bonds is 5. The summed E-state index contributed by atoms with van der Waals surface area (Å²) in [5.74, 6) is -3.58. The third-order valence-electron chi connectivity index (χ3n) is 10.7. The van der Waals surface area contributed by atoms with Crippen LogP contribution in [0.25, 0.3) is 0 Å². The summed E-state index contributed by atoms with van der Waals surface area (Å²) >= 11 is 0. The van der Waals surface area contributed by atoms with Crippen LogP contribution < -0.4 is 30.2 Å². The van der Waals surface area contributed by atoms with Crippen LogP contribution in [0.15, 0.2) is 66.7 Å². The third kappa shape index (κ3) is 9.96. The zero-order chi connectivity index (χ0) is 44.0. The number of carbonyl (C=O) groups excluding carboxylic acids is 7. The number of likely N-dealkylation sites (N-methyl/N-ethyl adjacent to an activating group) is 3. The maximum absolute atomic E-state index is 14.9. The molecular formula is C43H52N6O11. The normalized spacial score (nSPS) is 24.6. The Morgan fingerprint density at radius 1 is 0.700 bits per heavy atom. The lowest BCUT2D eigenvalue weighted by Gasteiger charge is -2.38. The van der Waals surface area contributed by atoms with Crippen LogP contribution in [-0.2, 0) is 51.1 Å². The lowest BCUT2D eigenvalue weighted by molar-refractivity contribution is -0.160. The summed E-state index contributed by atoms with van der Waals surface area (Å²) in [5.41, 5.74) is 1.53. The number of methoxy groups -OCH3 is 2. The molecule has 0 saturated carbocycles. The van der Waals surface area contributed by atoms with Gasteiger partial charge in [-0.25, -0.2) is 0 Å². The SMILES string of the molecule is COc1ccc(C[C@H]2C(=O)N[C@@H](C)C(=O)N(C)[C@H]3Cc4ccc(cc4)Oc4cc(ccc4OC)[C@H](OC(C)=O)[C@@H](C(=O)N[C@H](C)C(=O)N[C@@H](C)C(=O)N2C)N(C)C3=O)cc1. The zero-order valence-corrected chi connectivity index (χ0v) is 35.1. The van der Waals surface area contributed by atoms with Crippen molar-refractivity contribution in [2.24, 2.45) is 0 Å². The topological polar surface area (TPSA) is 202 Å². The highest BCUT2D eigenvalue weighted by molar-refractivity contribution is 5.98. The molecule has 0 aromatic heterocycles. The fourth-order valence-electron chi connectivity index (χ4n) is 7.21. The van der Waals surface area contributed by atoms with Gasteiger partial charge in [-0.2, -0.15) is 0 Å². The second kappa shape index (κ2) is 18.9. The number of hydrogen-bond acceptors (Lipinski definition) is 11. The minimum absolute atomic E-state index is 0.0359. The first-order chi connectivity index (χ1) is 28.4. The van der Waals surface area contributed by atoms with Crippen molar-refractivity contribution in [2.45, 2.75) is 82.9 Å². The molecule has 17 nitrogen and oxygen atoms in total. The molecule has 1 fully saturated rings. The molecule has 3 aliphatic heterocycles. The van der Waals surface area contributed by atoms with Crippen molar-refractivity contribution < 1.29 is 52.5 Å². The summed E-state index contributed by atoms with van der Waals surface area (Å²) in [5, 5.41) is 7.98. The van der Waals surface area contributed by atoms with E-state index in [2.05, 4.69) is 16.0 Å². The lowest BCUT2D eigenvalue weighted by Crippen LogP contribution is -2.62. The number of benzene rings is 3. The number of carbonyl (C=O) groups is 7. The minimum Gasteiger partial charge on any atom is -0.497 e. The Morgan fingerprint density at radius 3 is 1.90 bits per heavy atom. The first-order valence-corrected chi connectivity index (χ1v) is 19.4. The molecule has 3 aromatic carbocycles. The molecule has 0 aliphatic carbocycles. The van der Waals surface area contributed by atoms with Gasteiger partial charge in [-0.3, -0.25) is 33.6 Å². The first kappa shape index (κ1) is 44.5.